The summed E-state index contributed by atoms with van der Waals surface area (Å²) in [6, 6.07) is 5.24. The predicted octanol–water partition coefficient (Wildman–Crippen LogP) is 3.90. The molecule has 1 aliphatic rings. The zero-order valence-electron chi connectivity index (χ0n) is 20.8. The van der Waals surface area contributed by atoms with Crippen molar-refractivity contribution in [3.63, 3.8) is 0 Å². The van der Waals surface area contributed by atoms with E-state index < -0.39 is 17.8 Å². The normalized spacial score (nSPS) is 15.8. The summed E-state index contributed by atoms with van der Waals surface area (Å²) in [4.78, 5) is 35.8. The predicted molar refractivity (Wildman–Crippen MR) is 131 cm³/mol. The fourth-order valence-electron chi connectivity index (χ4n) is 4.78. The third-order valence-corrected chi connectivity index (χ3v) is 6.76. The number of hydrogen-bond donors (Lipinski definition) is 0. The molecule has 0 N–H and O–H groups in total. The van der Waals surface area contributed by atoms with Gasteiger partial charge in [0.1, 0.15) is 5.65 Å². The van der Waals surface area contributed by atoms with Crippen molar-refractivity contribution in [2.24, 2.45) is 19.1 Å². The number of rotatable bonds is 3. The molecule has 1 amide bonds. The SMILES string of the molecule is CC(=O)N1CC=C(c2cc3c(=N[C@H](C)c4cccc(C(F)(F)F)c4C)ncn(C)c3n(C)c2=O)CC1. The Labute approximate surface area is 206 Å². The fourth-order valence-corrected chi connectivity index (χ4v) is 4.78. The molecule has 7 nitrogen and oxygen atoms in total. The van der Waals surface area contributed by atoms with E-state index in [2.05, 4.69) is 4.98 Å². The maximum atomic E-state index is 13.4. The van der Waals surface area contributed by atoms with E-state index in [1.807, 2.05) is 6.08 Å². The highest BCUT2D eigenvalue weighted by atomic mass is 19.4. The first kappa shape index (κ1) is 25.4. The van der Waals surface area contributed by atoms with Crippen molar-refractivity contribution in [3.05, 3.63) is 74.8 Å². The van der Waals surface area contributed by atoms with Crippen LogP contribution in [0.1, 0.15) is 48.6 Å². The number of amides is 1. The number of nitrogens with zero attached hydrogens (tertiary/aromatic N) is 5. The number of benzene rings is 1. The van der Waals surface area contributed by atoms with Gasteiger partial charge >= 0.3 is 6.18 Å². The molecule has 3 heterocycles. The first-order valence-corrected chi connectivity index (χ1v) is 11.6. The van der Waals surface area contributed by atoms with Crippen molar-refractivity contribution >= 4 is 22.5 Å². The standard InChI is InChI=1S/C26H28F3N5O2/c1-15-19(7-6-8-22(15)26(27,28)29)16(2)31-23-21-13-20(18-9-11-34(12-10-18)17(3)35)25(36)33(5)24(21)32(4)14-30-23/h6-9,13-14,16H,10-12H2,1-5H3/t16-/m1/s1. The topological polar surface area (TPSA) is 72.5 Å². The summed E-state index contributed by atoms with van der Waals surface area (Å²) in [6.45, 7) is 5.64. The van der Waals surface area contributed by atoms with E-state index in [0.717, 1.165) is 11.6 Å². The van der Waals surface area contributed by atoms with Crippen LogP contribution in [-0.4, -0.2) is 38.0 Å². The van der Waals surface area contributed by atoms with Crippen molar-refractivity contribution < 1.29 is 18.0 Å². The number of aromatic nitrogens is 3. The molecule has 4 rings (SSSR count). The lowest BCUT2D eigenvalue weighted by molar-refractivity contribution is -0.138. The highest BCUT2D eigenvalue weighted by Gasteiger charge is 2.33. The van der Waals surface area contributed by atoms with Gasteiger partial charge in [0.2, 0.25) is 5.91 Å². The Balaban J connectivity index is 1.89. The average molecular weight is 500 g/mol. The zero-order chi connectivity index (χ0) is 26.4. The van der Waals surface area contributed by atoms with Gasteiger partial charge < -0.3 is 9.47 Å². The molecule has 1 aliphatic heterocycles. The number of pyridine rings is 1. The Morgan fingerprint density at radius 3 is 2.56 bits per heavy atom. The van der Waals surface area contributed by atoms with E-state index in [0.29, 0.717) is 47.2 Å². The van der Waals surface area contributed by atoms with Crippen LogP contribution in [0, 0.1) is 6.92 Å². The second kappa shape index (κ2) is 9.40. The van der Waals surface area contributed by atoms with Crippen LogP contribution in [-0.2, 0) is 25.1 Å². The number of hydrogen-bond acceptors (Lipinski definition) is 4. The van der Waals surface area contributed by atoms with Crippen LogP contribution in [0.3, 0.4) is 0 Å². The molecule has 2 aromatic heterocycles. The first-order chi connectivity index (χ1) is 16.9. The zero-order valence-corrected chi connectivity index (χ0v) is 20.8. The maximum absolute atomic E-state index is 13.4. The molecule has 36 heavy (non-hydrogen) atoms. The molecule has 1 atom stereocenters. The van der Waals surface area contributed by atoms with Crippen LogP contribution >= 0.6 is 0 Å². The molecular weight excluding hydrogens is 471 g/mol. The van der Waals surface area contributed by atoms with E-state index in [9.17, 15) is 22.8 Å². The number of halogens is 3. The molecule has 190 valence electrons. The summed E-state index contributed by atoms with van der Waals surface area (Å²) in [5, 5.41) is 0.614. The summed E-state index contributed by atoms with van der Waals surface area (Å²) in [5.74, 6) is -0.0205. The van der Waals surface area contributed by atoms with Crippen LogP contribution in [0.25, 0.3) is 16.6 Å². The van der Waals surface area contributed by atoms with Crippen LogP contribution in [0.2, 0.25) is 0 Å². The van der Waals surface area contributed by atoms with Gasteiger partial charge in [0.05, 0.1) is 23.3 Å². The summed E-state index contributed by atoms with van der Waals surface area (Å²) >= 11 is 0. The number of carbonyl (C=O) groups excluding carboxylic acids is 1. The first-order valence-electron chi connectivity index (χ1n) is 11.6. The van der Waals surface area contributed by atoms with E-state index in [-0.39, 0.29) is 17.0 Å². The number of aryl methyl sites for hydroxylation is 2. The second-order valence-electron chi connectivity index (χ2n) is 9.11. The van der Waals surface area contributed by atoms with Crippen LogP contribution in [0.15, 0.2) is 46.5 Å². The molecule has 0 saturated carbocycles. The van der Waals surface area contributed by atoms with Gasteiger partial charge in [-0.05, 0) is 49.1 Å². The van der Waals surface area contributed by atoms with E-state index in [4.69, 9.17) is 4.99 Å². The molecule has 0 radical (unpaired) electrons. The van der Waals surface area contributed by atoms with E-state index in [1.165, 1.54) is 30.8 Å². The number of alkyl halides is 3. The van der Waals surface area contributed by atoms with E-state index >= 15 is 0 Å². The molecule has 0 fully saturated rings. The molecule has 0 unspecified atom stereocenters. The Morgan fingerprint density at radius 2 is 1.94 bits per heavy atom. The van der Waals surface area contributed by atoms with Crippen molar-refractivity contribution in [2.75, 3.05) is 13.1 Å². The van der Waals surface area contributed by atoms with Crippen molar-refractivity contribution in [1.29, 1.82) is 0 Å². The number of fused-ring (bicyclic) bond motifs is 1. The van der Waals surface area contributed by atoms with Gasteiger partial charge in [0, 0.05) is 39.7 Å². The minimum absolute atomic E-state index is 0.0205. The van der Waals surface area contributed by atoms with Crippen LogP contribution < -0.4 is 11.0 Å². The van der Waals surface area contributed by atoms with Gasteiger partial charge in [-0.2, -0.15) is 13.2 Å². The molecule has 0 spiro atoms. The van der Waals surface area contributed by atoms with Gasteiger partial charge in [-0.15, -0.1) is 0 Å². The van der Waals surface area contributed by atoms with Crippen LogP contribution in [0.4, 0.5) is 13.2 Å². The molecule has 0 saturated heterocycles. The third kappa shape index (κ3) is 4.59. The largest absolute Gasteiger partial charge is 0.416 e. The minimum atomic E-state index is -4.45. The number of carbonyl (C=O) groups is 1. The van der Waals surface area contributed by atoms with Gasteiger partial charge in [-0.25, -0.2) is 4.98 Å². The van der Waals surface area contributed by atoms with Gasteiger partial charge in [0.25, 0.3) is 5.56 Å². The van der Waals surface area contributed by atoms with E-state index in [1.54, 1.807) is 42.6 Å². The van der Waals surface area contributed by atoms with Crippen LogP contribution in [0.5, 0.6) is 0 Å². The smallest absolute Gasteiger partial charge is 0.339 e. The molecule has 10 heteroatoms. The highest BCUT2D eigenvalue weighted by molar-refractivity contribution is 5.81. The fraction of sp³-hybridized carbons (Fsp3) is 0.385. The average Bonchev–Trinajstić information content (AvgIpc) is 2.82. The Hall–Kier alpha value is -3.69. The Bertz CT molecular complexity index is 1510. The molecular formula is C26H28F3N5O2. The van der Waals surface area contributed by atoms with Crippen molar-refractivity contribution in [3.8, 4) is 0 Å². The Kier molecular flexibility index (Phi) is 6.64. The third-order valence-electron chi connectivity index (χ3n) is 6.76. The summed E-state index contributed by atoms with van der Waals surface area (Å²) in [6.07, 6.45) is -0.491. The summed E-state index contributed by atoms with van der Waals surface area (Å²) < 4.78 is 43.6. The molecule has 1 aromatic carbocycles. The molecule has 3 aromatic rings. The second-order valence-corrected chi connectivity index (χ2v) is 9.11. The summed E-state index contributed by atoms with van der Waals surface area (Å²) in [5.41, 5.74) is 1.99. The maximum Gasteiger partial charge on any atom is 0.416 e. The quantitative estimate of drug-likeness (QED) is 0.549. The highest BCUT2D eigenvalue weighted by Crippen LogP contribution is 2.35. The lowest BCUT2D eigenvalue weighted by atomic mass is 9.97. The van der Waals surface area contributed by atoms with Gasteiger partial charge in [-0.3, -0.25) is 19.1 Å². The minimum Gasteiger partial charge on any atom is -0.339 e. The monoisotopic (exact) mass is 499 g/mol. The lowest BCUT2D eigenvalue weighted by Gasteiger charge is -2.25. The van der Waals surface area contributed by atoms with Gasteiger partial charge in [0.15, 0.2) is 5.49 Å². The van der Waals surface area contributed by atoms with Crippen molar-refractivity contribution in [2.45, 2.75) is 39.4 Å². The van der Waals surface area contributed by atoms with Crippen molar-refractivity contribution in [1.82, 2.24) is 19.0 Å². The molecule has 0 bridgehead atoms. The lowest BCUT2D eigenvalue weighted by Crippen LogP contribution is -2.34. The summed E-state index contributed by atoms with van der Waals surface area (Å²) in [7, 11) is 3.44. The molecule has 0 aliphatic carbocycles. The van der Waals surface area contributed by atoms with Gasteiger partial charge in [-0.1, -0.05) is 18.2 Å². The Morgan fingerprint density at radius 1 is 1.22 bits per heavy atom.